The second-order valence-electron chi connectivity index (χ2n) is 6.97. The minimum atomic E-state index is -3.52. The molecule has 30 heavy (non-hydrogen) atoms. The molecule has 156 valence electrons. The van der Waals surface area contributed by atoms with Gasteiger partial charge in [0.2, 0.25) is 5.91 Å². The van der Waals surface area contributed by atoms with Gasteiger partial charge in [0.1, 0.15) is 0 Å². The number of thiazole rings is 1. The number of nitrogens with zero attached hydrogens (tertiary/aromatic N) is 2. The maximum absolute atomic E-state index is 12.4. The first-order chi connectivity index (χ1) is 14.4. The van der Waals surface area contributed by atoms with Crippen LogP contribution in [-0.4, -0.2) is 24.6 Å². The number of rotatable bonds is 8. The molecule has 3 rings (SSSR count). The molecule has 0 N–H and O–H groups in total. The minimum Gasteiger partial charge on any atom is -0.305 e. The van der Waals surface area contributed by atoms with Crippen molar-refractivity contribution in [2.45, 2.75) is 44.0 Å². The molecule has 0 aliphatic heterocycles. The van der Waals surface area contributed by atoms with E-state index in [1.807, 2.05) is 10.6 Å². The van der Waals surface area contributed by atoms with Crippen LogP contribution >= 0.6 is 11.3 Å². The molecule has 0 aliphatic carbocycles. The Kier molecular flexibility index (Phi) is 7.24. The zero-order valence-electron chi connectivity index (χ0n) is 16.9. The average molecular weight is 441 g/mol. The van der Waals surface area contributed by atoms with E-state index in [-0.39, 0.29) is 17.1 Å². The van der Waals surface area contributed by atoms with E-state index in [9.17, 15) is 13.2 Å². The first-order valence-corrected chi connectivity index (χ1v) is 12.3. The topological polar surface area (TPSA) is 68.5 Å². The fraction of sp³-hybridized carbons (Fsp3) is 0.304. The molecule has 1 aromatic heterocycles. The van der Waals surface area contributed by atoms with Gasteiger partial charge in [0.05, 0.1) is 27.4 Å². The molecule has 0 radical (unpaired) electrons. The number of aromatic nitrogens is 1. The lowest BCUT2D eigenvalue weighted by atomic mass is 10.1. The molecule has 0 saturated heterocycles. The maximum Gasteiger partial charge on any atom is 0.249 e. The number of amides is 1. The third-order valence-electron chi connectivity index (χ3n) is 4.72. The molecule has 1 amide bonds. The Hall–Kier alpha value is -2.69. The number of hydrogen-bond acceptors (Lipinski definition) is 4. The van der Waals surface area contributed by atoms with Crippen LogP contribution in [-0.2, 0) is 27.6 Å². The minimum absolute atomic E-state index is 0.177. The summed E-state index contributed by atoms with van der Waals surface area (Å²) in [6.45, 7) is 2.45. The van der Waals surface area contributed by atoms with Gasteiger partial charge < -0.3 is 4.57 Å². The molecule has 1 heterocycles. The van der Waals surface area contributed by atoms with Gasteiger partial charge in [0, 0.05) is 6.42 Å². The van der Waals surface area contributed by atoms with E-state index in [4.69, 9.17) is 6.42 Å². The van der Waals surface area contributed by atoms with E-state index in [0.717, 1.165) is 29.5 Å². The van der Waals surface area contributed by atoms with Crippen molar-refractivity contribution in [1.82, 2.24) is 4.57 Å². The van der Waals surface area contributed by atoms with E-state index >= 15 is 0 Å². The van der Waals surface area contributed by atoms with Crippen LogP contribution in [0.15, 0.2) is 58.4 Å². The van der Waals surface area contributed by atoms with E-state index in [1.54, 1.807) is 18.2 Å². The zero-order chi connectivity index (χ0) is 21.6. The van der Waals surface area contributed by atoms with Gasteiger partial charge in [0.15, 0.2) is 14.6 Å². The molecular formula is C23H24N2O3S2. The number of sulfone groups is 1. The van der Waals surface area contributed by atoms with Crippen molar-refractivity contribution in [3.8, 4) is 12.3 Å². The number of benzene rings is 2. The van der Waals surface area contributed by atoms with Crippen LogP contribution in [0.1, 0.15) is 31.7 Å². The van der Waals surface area contributed by atoms with Crippen LogP contribution in [0, 0.1) is 12.3 Å². The third-order valence-corrected chi connectivity index (χ3v) is 7.50. The molecule has 7 heteroatoms. The molecular weight excluding hydrogens is 416 g/mol. The van der Waals surface area contributed by atoms with Crippen LogP contribution in [0.3, 0.4) is 0 Å². The Morgan fingerprint density at radius 2 is 1.97 bits per heavy atom. The van der Waals surface area contributed by atoms with Crippen molar-refractivity contribution >= 4 is 37.3 Å². The lowest BCUT2D eigenvalue weighted by Gasteiger charge is -2.03. The van der Waals surface area contributed by atoms with Crippen molar-refractivity contribution in [2.24, 2.45) is 4.99 Å². The standard InChI is InChI=1S/C23H24N2O3S2/c1-3-5-9-18-12-13-20-21(17-18)29-23(25(20)15-4-2)24-22(26)14-16-30(27,28)19-10-7-6-8-11-19/h2,6-8,10-13,17H,3,5,9,14-16H2,1H3. The van der Waals surface area contributed by atoms with Crippen LogP contribution < -0.4 is 4.80 Å². The Morgan fingerprint density at radius 3 is 2.67 bits per heavy atom. The van der Waals surface area contributed by atoms with E-state index < -0.39 is 15.7 Å². The molecule has 2 aromatic carbocycles. The molecule has 3 aromatic rings. The summed E-state index contributed by atoms with van der Waals surface area (Å²) >= 11 is 1.40. The fourth-order valence-corrected chi connectivity index (χ4v) is 5.47. The van der Waals surface area contributed by atoms with Gasteiger partial charge >= 0.3 is 0 Å². The Bertz CT molecular complexity index is 1250. The van der Waals surface area contributed by atoms with Gasteiger partial charge in [-0.25, -0.2) is 8.42 Å². The van der Waals surface area contributed by atoms with Crippen molar-refractivity contribution in [3.63, 3.8) is 0 Å². The maximum atomic E-state index is 12.4. The van der Waals surface area contributed by atoms with E-state index in [0.29, 0.717) is 11.3 Å². The van der Waals surface area contributed by atoms with Crippen molar-refractivity contribution in [1.29, 1.82) is 0 Å². The highest BCUT2D eigenvalue weighted by Gasteiger charge is 2.16. The molecule has 0 aliphatic rings. The number of aryl methyl sites for hydroxylation is 1. The number of hydrogen-bond donors (Lipinski definition) is 0. The number of unbranched alkanes of at least 4 members (excludes halogenated alkanes) is 1. The molecule has 0 unspecified atom stereocenters. The first-order valence-electron chi connectivity index (χ1n) is 9.85. The normalized spacial score (nSPS) is 12.2. The van der Waals surface area contributed by atoms with E-state index in [2.05, 4.69) is 30.0 Å². The van der Waals surface area contributed by atoms with E-state index in [1.165, 1.54) is 29.0 Å². The predicted molar refractivity (Wildman–Crippen MR) is 121 cm³/mol. The molecule has 0 saturated carbocycles. The Balaban J connectivity index is 1.86. The Morgan fingerprint density at radius 1 is 1.20 bits per heavy atom. The second kappa shape index (κ2) is 9.88. The highest BCUT2D eigenvalue weighted by atomic mass is 32.2. The molecule has 0 spiro atoms. The van der Waals surface area contributed by atoms with Gasteiger partial charge in [-0.1, -0.05) is 54.9 Å². The number of carbonyl (C=O) groups excluding carboxylic acids is 1. The number of carbonyl (C=O) groups is 1. The monoisotopic (exact) mass is 440 g/mol. The van der Waals surface area contributed by atoms with Gasteiger partial charge in [-0.15, -0.1) is 6.42 Å². The SMILES string of the molecule is C#CCn1c(=NC(=O)CCS(=O)(=O)c2ccccc2)sc2cc(CCCC)ccc21. The van der Waals surface area contributed by atoms with Crippen molar-refractivity contribution in [2.75, 3.05) is 5.75 Å². The lowest BCUT2D eigenvalue weighted by Crippen LogP contribution is -2.18. The summed E-state index contributed by atoms with van der Waals surface area (Å²) in [7, 11) is -3.52. The predicted octanol–water partition coefficient (Wildman–Crippen LogP) is 3.97. The van der Waals surface area contributed by atoms with Crippen LogP contribution in [0.2, 0.25) is 0 Å². The highest BCUT2D eigenvalue weighted by molar-refractivity contribution is 7.91. The summed E-state index contributed by atoms with van der Waals surface area (Å²) in [6.07, 6.45) is 8.58. The number of terminal acetylenes is 1. The summed E-state index contributed by atoms with van der Waals surface area (Å²) in [5, 5.41) is 0. The quantitative estimate of drug-likeness (QED) is 0.498. The van der Waals surface area contributed by atoms with Gasteiger partial charge in [-0.05, 0) is 42.7 Å². The second-order valence-corrected chi connectivity index (χ2v) is 10.1. The number of fused-ring (bicyclic) bond motifs is 1. The summed E-state index contributed by atoms with van der Waals surface area (Å²) in [5.74, 6) is 1.85. The largest absolute Gasteiger partial charge is 0.305 e. The fourth-order valence-electron chi connectivity index (χ4n) is 3.11. The Labute approximate surface area is 181 Å². The van der Waals surface area contributed by atoms with Crippen LogP contribution in [0.5, 0.6) is 0 Å². The summed E-state index contributed by atoms with van der Waals surface area (Å²) < 4.78 is 27.6. The average Bonchev–Trinajstić information content (AvgIpc) is 3.08. The zero-order valence-corrected chi connectivity index (χ0v) is 18.5. The first kappa shape index (κ1) is 22.0. The van der Waals surface area contributed by atoms with Gasteiger partial charge in [-0.3, -0.25) is 4.79 Å². The van der Waals surface area contributed by atoms with Crippen LogP contribution in [0.4, 0.5) is 0 Å². The molecule has 0 atom stereocenters. The van der Waals surface area contributed by atoms with Crippen LogP contribution in [0.25, 0.3) is 10.2 Å². The van der Waals surface area contributed by atoms with Gasteiger partial charge in [-0.2, -0.15) is 4.99 Å². The van der Waals surface area contributed by atoms with Crippen molar-refractivity contribution < 1.29 is 13.2 Å². The molecule has 0 fully saturated rings. The summed E-state index contributed by atoms with van der Waals surface area (Å²) in [5.41, 5.74) is 2.17. The third kappa shape index (κ3) is 5.26. The summed E-state index contributed by atoms with van der Waals surface area (Å²) in [4.78, 5) is 17.3. The van der Waals surface area contributed by atoms with Crippen molar-refractivity contribution in [3.05, 3.63) is 58.9 Å². The molecule has 0 bridgehead atoms. The highest BCUT2D eigenvalue weighted by Crippen LogP contribution is 2.20. The van der Waals surface area contributed by atoms with Gasteiger partial charge in [0.25, 0.3) is 0 Å². The molecule has 5 nitrogen and oxygen atoms in total. The lowest BCUT2D eigenvalue weighted by molar-refractivity contribution is -0.117. The summed E-state index contributed by atoms with van der Waals surface area (Å²) in [6, 6.07) is 14.3. The smallest absolute Gasteiger partial charge is 0.249 e.